The smallest absolute Gasteiger partial charge is 0.327 e. The molecule has 0 aliphatic carbocycles. The summed E-state index contributed by atoms with van der Waals surface area (Å²) in [7, 11) is 0. The van der Waals surface area contributed by atoms with E-state index in [2.05, 4.69) is 20.3 Å². The molecule has 1 aromatic heterocycles. The molecular weight excluding hydrogens is 310 g/mol. The number of ether oxygens (including phenoxy) is 1. The first kappa shape index (κ1) is 15.2. The van der Waals surface area contributed by atoms with Gasteiger partial charge in [-0.15, -0.1) is 0 Å². The fourth-order valence-electron chi connectivity index (χ4n) is 1.95. The predicted molar refractivity (Wildman–Crippen MR) is 86.6 cm³/mol. The van der Waals surface area contributed by atoms with Crippen LogP contribution in [0.1, 0.15) is 0 Å². The van der Waals surface area contributed by atoms with Crippen molar-refractivity contribution >= 4 is 12.0 Å². The average Bonchev–Trinajstić information content (AvgIpc) is 2.55. The molecule has 0 aliphatic rings. The van der Waals surface area contributed by atoms with E-state index >= 15 is 0 Å². The number of phenols is 1. The third-order valence-electron chi connectivity index (χ3n) is 2.95. The molecule has 8 heteroatoms. The van der Waals surface area contributed by atoms with Crippen molar-refractivity contribution in [2.45, 2.75) is 0 Å². The number of amides is 2. The van der Waals surface area contributed by atoms with Gasteiger partial charge in [0.25, 0.3) is 0 Å². The van der Waals surface area contributed by atoms with Crippen molar-refractivity contribution in [1.29, 1.82) is 0 Å². The van der Waals surface area contributed by atoms with Crippen molar-refractivity contribution in [1.82, 2.24) is 15.0 Å². The molecule has 4 N–H and O–H groups in total. The van der Waals surface area contributed by atoms with Gasteiger partial charge in [-0.3, -0.25) is 5.32 Å². The van der Waals surface area contributed by atoms with Gasteiger partial charge in [-0.2, -0.15) is 15.0 Å². The van der Waals surface area contributed by atoms with Gasteiger partial charge >= 0.3 is 12.0 Å². The van der Waals surface area contributed by atoms with Crippen molar-refractivity contribution < 1.29 is 14.6 Å². The predicted octanol–water partition coefficient (Wildman–Crippen LogP) is 2.53. The van der Waals surface area contributed by atoms with E-state index < -0.39 is 6.03 Å². The maximum absolute atomic E-state index is 11.1. The number of carbonyl (C=O) groups excluding carboxylic acids is 1. The number of urea groups is 1. The second kappa shape index (κ2) is 6.61. The number of hydrogen-bond donors (Lipinski definition) is 3. The Kier molecular flexibility index (Phi) is 4.19. The van der Waals surface area contributed by atoms with Crippen LogP contribution in [0.3, 0.4) is 0 Å². The van der Waals surface area contributed by atoms with Crippen molar-refractivity contribution in [3.63, 3.8) is 0 Å². The third kappa shape index (κ3) is 3.55. The monoisotopic (exact) mass is 323 g/mol. The quantitative estimate of drug-likeness (QED) is 0.678. The highest BCUT2D eigenvalue weighted by molar-refractivity contribution is 5.86. The van der Waals surface area contributed by atoms with Crippen LogP contribution < -0.4 is 15.8 Å². The van der Waals surface area contributed by atoms with Gasteiger partial charge in [0.05, 0.1) is 5.56 Å². The molecule has 0 aliphatic heterocycles. The zero-order chi connectivity index (χ0) is 16.9. The second-order valence-corrected chi connectivity index (χ2v) is 4.69. The summed E-state index contributed by atoms with van der Waals surface area (Å²) in [4.78, 5) is 23.3. The number of nitrogens with one attached hydrogen (secondary N) is 1. The lowest BCUT2D eigenvalue weighted by Gasteiger charge is -2.09. The van der Waals surface area contributed by atoms with E-state index in [-0.39, 0.29) is 23.5 Å². The Morgan fingerprint density at radius 3 is 2.42 bits per heavy atom. The summed E-state index contributed by atoms with van der Waals surface area (Å²) in [6, 6.07) is 14.5. The first-order chi connectivity index (χ1) is 11.6. The highest BCUT2D eigenvalue weighted by atomic mass is 16.5. The van der Waals surface area contributed by atoms with Gasteiger partial charge in [0.15, 0.2) is 5.82 Å². The molecule has 0 saturated heterocycles. The largest absolute Gasteiger partial charge is 0.507 e. The van der Waals surface area contributed by atoms with Crippen molar-refractivity contribution in [3.8, 4) is 28.9 Å². The molecule has 0 saturated carbocycles. The first-order valence-electron chi connectivity index (χ1n) is 6.95. The lowest BCUT2D eigenvalue weighted by Crippen LogP contribution is -2.21. The zero-order valence-electron chi connectivity index (χ0n) is 12.4. The van der Waals surface area contributed by atoms with E-state index in [4.69, 9.17) is 10.5 Å². The molecule has 0 spiro atoms. The van der Waals surface area contributed by atoms with E-state index in [1.54, 1.807) is 42.5 Å². The minimum absolute atomic E-state index is 0.0145. The van der Waals surface area contributed by atoms with Gasteiger partial charge in [-0.25, -0.2) is 4.79 Å². The van der Waals surface area contributed by atoms with Crippen LogP contribution >= 0.6 is 0 Å². The Labute approximate surface area is 137 Å². The summed E-state index contributed by atoms with van der Waals surface area (Å²) >= 11 is 0. The third-order valence-corrected chi connectivity index (χ3v) is 2.95. The van der Waals surface area contributed by atoms with Crippen molar-refractivity contribution in [2.75, 3.05) is 5.32 Å². The van der Waals surface area contributed by atoms with Crippen LogP contribution in [-0.4, -0.2) is 26.1 Å². The lowest BCUT2D eigenvalue weighted by molar-refractivity contribution is 0.259. The Bertz CT molecular complexity index is 871. The number of aromatic nitrogens is 3. The van der Waals surface area contributed by atoms with Gasteiger partial charge in [-0.1, -0.05) is 30.3 Å². The number of phenolic OH excluding ortho intramolecular Hbond substituents is 1. The van der Waals surface area contributed by atoms with Crippen LogP contribution in [0.2, 0.25) is 0 Å². The number of para-hydroxylation sites is 2. The van der Waals surface area contributed by atoms with E-state index in [9.17, 15) is 9.90 Å². The summed E-state index contributed by atoms with van der Waals surface area (Å²) in [5.41, 5.74) is 5.47. The highest BCUT2D eigenvalue weighted by Crippen LogP contribution is 2.28. The summed E-state index contributed by atoms with van der Waals surface area (Å²) in [6.45, 7) is 0. The van der Waals surface area contributed by atoms with Crippen LogP contribution in [0.25, 0.3) is 11.4 Å². The van der Waals surface area contributed by atoms with E-state index in [1.807, 2.05) is 6.07 Å². The number of anilines is 1. The Morgan fingerprint density at radius 2 is 1.71 bits per heavy atom. The summed E-state index contributed by atoms with van der Waals surface area (Å²) in [5.74, 6) is 0.552. The molecule has 0 bridgehead atoms. The Morgan fingerprint density at radius 1 is 1.00 bits per heavy atom. The van der Waals surface area contributed by atoms with Gasteiger partial charge in [0.2, 0.25) is 5.95 Å². The van der Waals surface area contributed by atoms with Gasteiger partial charge < -0.3 is 15.6 Å². The molecule has 1 heterocycles. The van der Waals surface area contributed by atoms with Gasteiger partial charge in [0, 0.05) is 0 Å². The number of nitrogens with zero attached hydrogens (tertiary/aromatic N) is 3. The molecule has 2 amide bonds. The average molecular weight is 323 g/mol. The zero-order valence-corrected chi connectivity index (χ0v) is 12.4. The lowest BCUT2D eigenvalue weighted by atomic mass is 10.2. The standard InChI is InChI=1S/C16H13N5O3/c17-14(23)20-15-18-13(11-8-4-5-9-12(11)22)19-16(21-15)24-10-6-2-1-3-7-10/h1-9,22H,(H3,17,18,19,20,21,23). The van der Waals surface area contributed by atoms with Crippen LogP contribution in [0, 0.1) is 0 Å². The molecule has 8 nitrogen and oxygen atoms in total. The number of hydrogen-bond acceptors (Lipinski definition) is 6. The summed E-state index contributed by atoms with van der Waals surface area (Å²) < 4.78 is 5.57. The Balaban J connectivity index is 2.03. The minimum Gasteiger partial charge on any atom is -0.507 e. The number of primary amides is 1. The van der Waals surface area contributed by atoms with Gasteiger partial charge in [0.1, 0.15) is 11.5 Å². The van der Waals surface area contributed by atoms with E-state index in [0.717, 1.165) is 0 Å². The molecule has 0 atom stereocenters. The molecule has 120 valence electrons. The molecule has 0 radical (unpaired) electrons. The summed E-state index contributed by atoms with van der Waals surface area (Å²) in [5, 5.41) is 12.2. The summed E-state index contributed by atoms with van der Waals surface area (Å²) in [6.07, 6.45) is 0. The normalized spacial score (nSPS) is 10.2. The topological polar surface area (TPSA) is 123 Å². The molecule has 3 rings (SSSR count). The number of carbonyl (C=O) groups is 1. The molecular formula is C16H13N5O3. The Hall–Kier alpha value is -3.68. The SMILES string of the molecule is NC(=O)Nc1nc(Oc2ccccc2)nc(-c2ccccc2O)n1. The molecule has 0 unspecified atom stereocenters. The van der Waals surface area contributed by atoms with E-state index in [1.165, 1.54) is 6.07 Å². The number of rotatable bonds is 4. The van der Waals surface area contributed by atoms with E-state index in [0.29, 0.717) is 11.3 Å². The number of benzene rings is 2. The molecule has 24 heavy (non-hydrogen) atoms. The molecule has 2 aromatic carbocycles. The van der Waals surface area contributed by atoms with Crippen LogP contribution in [0.5, 0.6) is 17.5 Å². The van der Waals surface area contributed by atoms with Gasteiger partial charge in [-0.05, 0) is 24.3 Å². The maximum atomic E-state index is 11.1. The van der Waals surface area contributed by atoms with Crippen molar-refractivity contribution in [2.24, 2.45) is 5.73 Å². The molecule has 0 fully saturated rings. The van der Waals surface area contributed by atoms with Crippen LogP contribution in [-0.2, 0) is 0 Å². The number of aromatic hydroxyl groups is 1. The highest BCUT2D eigenvalue weighted by Gasteiger charge is 2.14. The fraction of sp³-hybridized carbons (Fsp3) is 0. The molecule has 3 aromatic rings. The second-order valence-electron chi connectivity index (χ2n) is 4.69. The van der Waals surface area contributed by atoms with Crippen LogP contribution in [0.4, 0.5) is 10.7 Å². The fourth-order valence-corrected chi connectivity index (χ4v) is 1.95. The van der Waals surface area contributed by atoms with Crippen molar-refractivity contribution in [3.05, 3.63) is 54.6 Å². The first-order valence-corrected chi connectivity index (χ1v) is 6.95. The maximum Gasteiger partial charge on any atom is 0.327 e. The minimum atomic E-state index is -0.824. The van der Waals surface area contributed by atoms with Crippen LogP contribution in [0.15, 0.2) is 54.6 Å². The number of nitrogens with two attached hydrogens (primary N) is 1.